The molecule has 0 radical (unpaired) electrons. The largest absolute Gasteiger partial charge is 0.488 e. The van der Waals surface area contributed by atoms with Crippen LogP contribution in [0.1, 0.15) is 0 Å². The molecule has 2 rings (SSSR count). The lowest BCUT2D eigenvalue weighted by atomic mass is 9.80. The van der Waals surface area contributed by atoms with Gasteiger partial charge < -0.3 is 14.8 Å². The average Bonchev–Trinajstić information content (AvgIpc) is 2.32. The molecule has 0 atom stereocenters. The summed E-state index contributed by atoms with van der Waals surface area (Å²) in [6.07, 6.45) is 0. The topological polar surface area (TPSA) is 49.7 Å². The van der Waals surface area contributed by atoms with Crippen LogP contribution in [0.3, 0.4) is 0 Å². The maximum absolute atomic E-state index is 13.3. The molecule has 2 N–H and O–H groups in total. The van der Waals surface area contributed by atoms with Gasteiger partial charge in [0.05, 0.1) is 0 Å². The second kappa shape index (κ2) is 4.99. The van der Waals surface area contributed by atoms with Gasteiger partial charge in [-0.2, -0.15) is 0 Å². The predicted octanol–water partition coefficient (Wildman–Crippen LogP) is 1.30. The summed E-state index contributed by atoms with van der Waals surface area (Å²) >= 11 is 0. The Morgan fingerprint density at radius 1 is 1.00 bits per heavy atom. The Labute approximate surface area is 98.2 Å². The fourth-order valence-electron chi connectivity index (χ4n) is 1.39. The van der Waals surface area contributed by atoms with Crippen LogP contribution in [0.5, 0.6) is 11.5 Å². The van der Waals surface area contributed by atoms with Crippen molar-refractivity contribution in [3.8, 4) is 11.5 Å². The summed E-state index contributed by atoms with van der Waals surface area (Å²) in [4.78, 5) is 0. The zero-order chi connectivity index (χ0) is 12.3. The molecule has 0 saturated heterocycles. The highest BCUT2D eigenvalue weighted by Crippen LogP contribution is 2.22. The van der Waals surface area contributed by atoms with Crippen molar-refractivity contribution < 1.29 is 19.2 Å². The molecule has 0 saturated carbocycles. The van der Waals surface area contributed by atoms with Gasteiger partial charge in [-0.05, 0) is 29.7 Å². The molecule has 0 unspecified atom stereocenters. The minimum absolute atomic E-state index is 0.0945. The Morgan fingerprint density at radius 2 is 1.76 bits per heavy atom. The zero-order valence-electron chi connectivity index (χ0n) is 8.88. The highest BCUT2D eigenvalue weighted by Gasteiger charge is 2.12. The van der Waals surface area contributed by atoms with E-state index in [0.717, 1.165) is 0 Å². The average molecular weight is 232 g/mol. The van der Waals surface area contributed by atoms with Crippen molar-refractivity contribution in [2.45, 2.75) is 0 Å². The number of benzene rings is 2. The van der Waals surface area contributed by atoms with Gasteiger partial charge in [0.15, 0.2) is 11.6 Å². The maximum atomic E-state index is 13.3. The van der Waals surface area contributed by atoms with Crippen molar-refractivity contribution in [2.24, 2.45) is 0 Å². The molecule has 0 bridgehead atoms. The highest BCUT2D eigenvalue weighted by atomic mass is 19.1. The molecule has 0 aliphatic heterocycles. The molecule has 0 aliphatic rings. The fourth-order valence-corrected chi connectivity index (χ4v) is 1.39. The van der Waals surface area contributed by atoms with Crippen molar-refractivity contribution in [1.29, 1.82) is 0 Å². The van der Waals surface area contributed by atoms with Crippen LogP contribution < -0.4 is 10.2 Å². The molecule has 17 heavy (non-hydrogen) atoms. The summed E-state index contributed by atoms with van der Waals surface area (Å²) in [6.45, 7) is 0. The Hall–Kier alpha value is -1.85. The van der Waals surface area contributed by atoms with Crippen molar-refractivity contribution in [3.05, 3.63) is 54.3 Å². The molecule has 0 amide bonds. The van der Waals surface area contributed by atoms with E-state index in [4.69, 9.17) is 14.8 Å². The number of halogens is 1. The quantitative estimate of drug-likeness (QED) is 0.784. The lowest BCUT2D eigenvalue weighted by Gasteiger charge is -2.07. The van der Waals surface area contributed by atoms with Gasteiger partial charge in [-0.15, -0.1) is 0 Å². The second-order valence-corrected chi connectivity index (χ2v) is 3.48. The molecule has 2 aromatic rings. The van der Waals surface area contributed by atoms with Crippen LogP contribution in [0.2, 0.25) is 0 Å². The molecule has 0 fully saturated rings. The van der Waals surface area contributed by atoms with Crippen LogP contribution in [0.25, 0.3) is 0 Å². The van der Waals surface area contributed by atoms with Gasteiger partial charge in [-0.1, -0.05) is 24.3 Å². The van der Waals surface area contributed by atoms with E-state index in [1.54, 1.807) is 30.3 Å². The van der Waals surface area contributed by atoms with E-state index in [-0.39, 0.29) is 5.75 Å². The standard InChI is InChI=1S/C12H10BFO3/c14-11-6-1-2-7-12(11)17-10-5-3-4-9(8-10)13(15)16/h1-8,15-16H. The van der Waals surface area contributed by atoms with E-state index in [0.29, 0.717) is 11.2 Å². The van der Waals surface area contributed by atoms with Crippen molar-refractivity contribution in [3.63, 3.8) is 0 Å². The summed E-state index contributed by atoms with van der Waals surface area (Å²) in [6, 6.07) is 12.2. The molecule has 0 spiro atoms. The first-order valence-electron chi connectivity index (χ1n) is 5.05. The first kappa shape index (κ1) is 11.6. The van der Waals surface area contributed by atoms with Crippen molar-refractivity contribution in [2.75, 3.05) is 0 Å². The van der Waals surface area contributed by atoms with E-state index < -0.39 is 12.9 Å². The summed E-state index contributed by atoms with van der Waals surface area (Å²) in [5.74, 6) is -0.0276. The summed E-state index contributed by atoms with van der Waals surface area (Å²) in [5, 5.41) is 18.0. The van der Waals surface area contributed by atoms with E-state index in [1.807, 2.05) is 0 Å². The third-order valence-corrected chi connectivity index (χ3v) is 2.22. The predicted molar refractivity (Wildman–Crippen MR) is 62.7 cm³/mol. The summed E-state index contributed by atoms with van der Waals surface area (Å²) in [7, 11) is -1.57. The van der Waals surface area contributed by atoms with Crippen molar-refractivity contribution >= 4 is 12.6 Å². The van der Waals surface area contributed by atoms with E-state index >= 15 is 0 Å². The molecular weight excluding hydrogens is 222 g/mol. The van der Waals surface area contributed by atoms with Gasteiger partial charge in [-0.3, -0.25) is 0 Å². The molecule has 0 aromatic heterocycles. The zero-order valence-corrected chi connectivity index (χ0v) is 8.88. The first-order valence-corrected chi connectivity index (χ1v) is 5.05. The van der Waals surface area contributed by atoms with Gasteiger partial charge in [-0.25, -0.2) is 4.39 Å². The van der Waals surface area contributed by atoms with Gasteiger partial charge in [0, 0.05) is 0 Å². The first-order chi connectivity index (χ1) is 8.16. The van der Waals surface area contributed by atoms with Gasteiger partial charge in [0.1, 0.15) is 5.75 Å². The lowest BCUT2D eigenvalue weighted by molar-refractivity contribution is 0.424. The number of hydrogen-bond acceptors (Lipinski definition) is 3. The van der Waals surface area contributed by atoms with E-state index in [9.17, 15) is 4.39 Å². The Bertz CT molecular complexity index is 517. The van der Waals surface area contributed by atoms with Crippen LogP contribution in [-0.2, 0) is 0 Å². The Balaban J connectivity index is 2.25. The number of ether oxygens (including phenoxy) is 1. The molecular formula is C12H10BFO3. The minimum atomic E-state index is -1.57. The van der Waals surface area contributed by atoms with Gasteiger partial charge in [0.25, 0.3) is 0 Å². The summed E-state index contributed by atoms with van der Waals surface area (Å²) < 4.78 is 18.6. The van der Waals surface area contributed by atoms with Crippen LogP contribution >= 0.6 is 0 Å². The molecule has 5 heteroatoms. The minimum Gasteiger partial charge on any atom is -0.454 e. The highest BCUT2D eigenvalue weighted by molar-refractivity contribution is 6.58. The van der Waals surface area contributed by atoms with Gasteiger partial charge in [0.2, 0.25) is 0 Å². The number of rotatable bonds is 3. The number of para-hydroxylation sites is 1. The van der Waals surface area contributed by atoms with Crippen LogP contribution in [0.15, 0.2) is 48.5 Å². The molecule has 0 heterocycles. The number of hydrogen-bond donors (Lipinski definition) is 2. The van der Waals surface area contributed by atoms with E-state index in [2.05, 4.69) is 0 Å². The maximum Gasteiger partial charge on any atom is 0.488 e. The normalized spacial score (nSPS) is 10.1. The molecule has 0 aliphatic carbocycles. The fraction of sp³-hybridized carbons (Fsp3) is 0. The molecule has 2 aromatic carbocycles. The lowest BCUT2D eigenvalue weighted by Crippen LogP contribution is -2.29. The smallest absolute Gasteiger partial charge is 0.454 e. The second-order valence-electron chi connectivity index (χ2n) is 3.48. The Kier molecular flexibility index (Phi) is 3.42. The monoisotopic (exact) mass is 232 g/mol. The third-order valence-electron chi connectivity index (χ3n) is 2.22. The van der Waals surface area contributed by atoms with Crippen LogP contribution in [0, 0.1) is 5.82 Å². The third kappa shape index (κ3) is 2.84. The van der Waals surface area contributed by atoms with Gasteiger partial charge >= 0.3 is 7.12 Å². The van der Waals surface area contributed by atoms with Crippen LogP contribution in [0.4, 0.5) is 4.39 Å². The molecule has 3 nitrogen and oxygen atoms in total. The summed E-state index contributed by atoms with van der Waals surface area (Å²) in [5.41, 5.74) is 0.291. The SMILES string of the molecule is OB(O)c1cccc(Oc2ccccc2F)c1. The van der Waals surface area contributed by atoms with E-state index in [1.165, 1.54) is 18.2 Å². The molecule has 86 valence electrons. The Morgan fingerprint density at radius 3 is 2.47 bits per heavy atom. The van der Waals surface area contributed by atoms with Crippen molar-refractivity contribution in [1.82, 2.24) is 0 Å². The van der Waals surface area contributed by atoms with Crippen LogP contribution in [-0.4, -0.2) is 17.2 Å².